The normalized spacial score (nSPS) is 9.60. The van der Waals surface area contributed by atoms with E-state index >= 15 is 0 Å². The molecular formula is C11H14N2OS. The molecule has 0 spiro atoms. The lowest BCUT2D eigenvalue weighted by molar-refractivity contribution is -0.118. The maximum Gasteiger partial charge on any atom is 0.230 e. The van der Waals surface area contributed by atoms with Crippen molar-refractivity contribution in [3.63, 3.8) is 0 Å². The summed E-state index contributed by atoms with van der Waals surface area (Å²) in [5.41, 5.74) is 0. The summed E-state index contributed by atoms with van der Waals surface area (Å²) in [6, 6.07) is 9.86. The molecular weight excluding hydrogens is 208 g/mol. The average Bonchev–Trinajstić information content (AvgIpc) is 2.28. The molecule has 80 valence electrons. The first-order chi connectivity index (χ1) is 7.33. The quantitative estimate of drug-likeness (QED) is 0.451. The van der Waals surface area contributed by atoms with Gasteiger partial charge in [0, 0.05) is 11.4 Å². The summed E-state index contributed by atoms with van der Waals surface area (Å²) in [5.74, 6) is 0.480. The lowest BCUT2D eigenvalue weighted by Crippen LogP contribution is -2.27. The Morgan fingerprint density at radius 2 is 2.13 bits per heavy atom. The fourth-order valence-corrected chi connectivity index (χ4v) is 1.74. The molecule has 0 saturated carbocycles. The molecule has 15 heavy (non-hydrogen) atoms. The fourth-order valence-electron chi connectivity index (χ4n) is 0.991. The lowest BCUT2D eigenvalue weighted by Gasteiger charge is -2.02. The summed E-state index contributed by atoms with van der Waals surface area (Å²) in [7, 11) is 0. The lowest BCUT2D eigenvalue weighted by atomic mass is 10.4. The minimum Gasteiger partial charge on any atom is -0.354 e. The predicted octanol–water partition coefficient (Wildman–Crippen LogP) is 1.60. The summed E-state index contributed by atoms with van der Waals surface area (Å²) in [4.78, 5) is 16.1. The minimum atomic E-state index is 0.0347. The topological polar surface area (TPSA) is 41.5 Å². The van der Waals surface area contributed by atoms with Crippen LogP contribution < -0.4 is 5.32 Å². The van der Waals surface area contributed by atoms with E-state index in [-0.39, 0.29) is 5.91 Å². The molecule has 1 aromatic rings. The minimum absolute atomic E-state index is 0.0347. The van der Waals surface area contributed by atoms with Crippen LogP contribution in [0.15, 0.2) is 40.2 Å². The number of nitrogens with zero attached hydrogens (tertiary/aromatic N) is 1. The van der Waals surface area contributed by atoms with Crippen molar-refractivity contribution in [3.8, 4) is 0 Å². The maximum absolute atomic E-state index is 11.3. The number of carbonyl (C=O) groups is 1. The molecule has 0 saturated heterocycles. The number of amides is 1. The van der Waals surface area contributed by atoms with E-state index in [1.807, 2.05) is 30.3 Å². The zero-order valence-corrected chi connectivity index (χ0v) is 9.30. The smallest absolute Gasteiger partial charge is 0.230 e. The van der Waals surface area contributed by atoms with Crippen LogP contribution in [0.5, 0.6) is 0 Å². The van der Waals surface area contributed by atoms with E-state index in [9.17, 15) is 4.79 Å². The second-order valence-corrected chi connectivity index (χ2v) is 3.95. The molecule has 0 aliphatic rings. The fraction of sp³-hybridized carbons (Fsp3) is 0.273. The highest BCUT2D eigenvalue weighted by Gasteiger charge is 2.00. The Labute approximate surface area is 94.0 Å². The molecule has 3 nitrogen and oxygen atoms in total. The first-order valence-electron chi connectivity index (χ1n) is 4.70. The van der Waals surface area contributed by atoms with Gasteiger partial charge in [-0.25, -0.2) is 0 Å². The van der Waals surface area contributed by atoms with E-state index < -0.39 is 0 Å². The van der Waals surface area contributed by atoms with Crippen LogP contribution in [-0.2, 0) is 4.79 Å². The van der Waals surface area contributed by atoms with E-state index in [2.05, 4.69) is 17.0 Å². The second kappa shape index (κ2) is 7.06. The van der Waals surface area contributed by atoms with Crippen LogP contribution in [0.25, 0.3) is 0 Å². The van der Waals surface area contributed by atoms with Crippen molar-refractivity contribution >= 4 is 24.4 Å². The zero-order valence-electron chi connectivity index (χ0n) is 8.48. The highest BCUT2D eigenvalue weighted by atomic mass is 32.2. The Balaban J connectivity index is 2.20. The van der Waals surface area contributed by atoms with E-state index in [0.29, 0.717) is 18.8 Å². The number of carbonyl (C=O) groups excluding carboxylic acids is 1. The third-order valence-electron chi connectivity index (χ3n) is 1.71. The first kappa shape index (κ1) is 11.8. The van der Waals surface area contributed by atoms with E-state index in [0.717, 1.165) is 4.90 Å². The number of rotatable bonds is 6. The van der Waals surface area contributed by atoms with Gasteiger partial charge in [0.15, 0.2) is 0 Å². The van der Waals surface area contributed by atoms with Crippen LogP contribution in [0, 0.1) is 0 Å². The Bertz CT molecular complexity index is 314. The van der Waals surface area contributed by atoms with Gasteiger partial charge in [-0.3, -0.25) is 9.79 Å². The molecule has 0 atom stereocenters. The van der Waals surface area contributed by atoms with Crippen LogP contribution in [0.1, 0.15) is 0 Å². The Morgan fingerprint density at radius 3 is 2.80 bits per heavy atom. The third kappa shape index (κ3) is 5.22. The van der Waals surface area contributed by atoms with E-state index in [1.54, 1.807) is 0 Å². The molecule has 0 aromatic heterocycles. The molecule has 1 aromatic carbocycles. The standard InChI is InChI=1S/C11H14N2OS/c1-12-7-8-13-11(14)9-15-10-5-3-2-4-6-10/h2-6H,1,7-9H2,(H,13,14). The van der Waals surface area contributed by atoms with Crippen LogP contribution in [0.3, 0.4) is 0 Å². The van der Waals surface area contributed by atoms with Gasteiger partial charge in [-0.15, -0.1) is 11.8 Å². The Morgan fingerprint density at radius 1 is 1.40 bits per heavy atom. The van der Waals surface area contributed by atoms with Crippen molar-refractivity contribution in [1.29, 1.82) is 0 Å². The van der Waals surface area contributed by atoms with Gasteiger partial charge in [-0.1, -0.05) is 18.2 Å². The van der Waals surface area contributed by atoms with Gasteiger partial charge >= 0.3 is 0 Å². The van der Waals surface area contributed by atoms with Gasteiger partial charge < -0.3 is 5.32 Å². The van der Waals surface area contributed by atoms with Crippen LogP contribution in [-0.4, -0.2) is 31.5 Å². The summed E-state index contributed by atoms with van der Waals surface area (Å²) < 4.78 is 0. The molecule has 1 rings (SSSR count). The van der Waals surface area contributed by atoms with Crippen molar-refractivity contribution in [2.24, 2.45) is 4.99 Å². The van der Waals surface area contributed by atoms with Crippen molar-refractivity contribution in [2.45, 2.75) is 4.90 Å². The number of hydrogen-bond acceptors (Lipinski definition) is 3. The van der Waals surface area contributed by atoms with Crippen molar-refractivity contribution in [3.05, 3.63) is 30.3 Å². The molecule has 0 aliphatic heterocycles. The third-order valence-corrected chi connectivity index (χ3v) is 2.72. The predicted molar refractivity (Wildman–Crippen MR) is 64.6 cm³/mol. The van der Waals surface area contributed by atoms with E-state index in [1.165, 1.54) is 11.8 Å². The molecule has 0 aliphatic carbocycles. The van der Waals surface area contributed by atoms with Crippen LogP contribution in [0.4, 0.5) is 0 Å². The number of benzene rings is 1. The summed E-state index contributed by atoms with van der Waals surface area (Å²) >= 11 is 1.53. The summed E-state index contributed by atoms with van der Waals surface area (Å²) in [5, 5.41) is 2.76. The molecule has 0 unspecified atom stereocenters. The van der Waals surface area contributed by atoms with Crippen LogP contribution >= 0.6 is 11.8 Å². The van der Waals surface area contributed by atoms with Gasteiger partial charge in [0.25, 0.3) is 0 Å². The molecule has 0 bridgehead atoms. The van der Waals surface area contributed by atoms with Crippen molar-refractivity contribution in [2.75, 3.05) is 18.8 Å². The Kier molecular flexibility index (Phi) is 5.55. The van der Waals surface area contributed by atoms with Crippen molar-refractivity contribution < 1.29 is 4.79 Å². The SMILES string of the molecule is C=NCCNC(=O)CSc1ccccc1. The first-order valence-corrected chi connectivity index (χ1v) is 5.68. The maximum atomic E-state index is 11.3. The van der Waals surface area contributed by atoms with Gasteiger partial charge in [-0.05, 0) is 18.9 Å². The average molecular weight is 222 g/mol. The molecule has 1 N–H and O–H groups in total. The summed E-state index contributed by atoms with van der Waals surface area (Å²) in [6.45, 7) is 4.48. The number of nitrogens with one attached hydrogen (secondary N) is 1. The van der Waals surface area contributed by atoms with Gasteiger partial charge in [0.2, 0.25) is 5.91 Å². The second-order valence-electron chi connectivity index (χ2n) is 2.90. The van der Waals surface area contributed by atoms with Crippen LogP contribution in [0.2, 0.25) is 0 Å². The van der Waals surface area contributed by atoms with Gasteiger partial charge in [-0.2, -0.15) is 0 Å². The molecule has 0 radical (unpaired) electrons. The molecule has 0 heterocycles. The zero-order chi connectivity index (χ0) is 10.9. The number of hydrogen-bond donors (Lipinski definition) is 1. The molecule has 1 amide bonds. The highest BCUT2D eigenvalue weighted by Crippen LogP contribution is 2.15. The summed E-state index contributed by atoms with van der Waals surface area (Å²) in [6.07, 6.45) is 0. The number of thioether (sulfide) groups is 1. The van der Waals surface area contributed by atoms with Gasteiger partial charge in [0.05, 0.1) is 12.3 Å². The largest absolute Gasteiger partial charge is 0.354 e. The molecule has 0 fully saturated rings. The highest BCUT2D eigenvalue weighted by molar-refractivity contribution is 8.00. The van der Waals surface area contributed by atoms with Crippen molar-refractivity contribution in [1.82, 2.24) is 5.32 Å². The molecule has 4 heteroatoms. The number of aliphatic imine (C=N–C) groups is 1. The van der Waals surface area contributed by atoms with E-state index in [4.69, 9.17) is 0 Å². The monoisotopic (exact) mass is 222 g/mol. The Hall–Kier alpha value is -1.29. The van der Waals surface area contributed by atoms with Gasteiger partial charge in [0.1, 0.15) is 0 Å².